The molecule has 36 heavy (non-hydrogen) atoms. The number of methoxy groups -OCH3 is 2. The highest BCUT2D eigenvalue weighted by atomic mass is 32.2. The molecule has 8 nitrogen and oxygen atoms in total. The molecule has 3 rings (SSSR count). The van der Waals surface area contributed by atoms with E-state index in [1.165, 1.54) is 24.3 Å². The highest BCUT2D eigenvalue weighted by molar-refractivity contribution is 7.92. The molecule has 0 radical (unpaired) electrons. The Morgan fingerprint density at radius 1 is 0.944 bits per heavy atom. The lowest BCUT2D eigenvalue weighted by Gasteiger charge is -2.23. The zero-order valence-corrected chi connectivity index (χ0v) is 21.2. The minimum atomic E-state index is -3.57. The summed E-state index contributed by atoms with van der Waals surface area (Å²) < 4.78 is 49.9. The second kappa shape index (κ2) is 12.1. The topological polar surface area (TPSA) is 117 Å². The van der Waals surface area contributed by atoms with Gasteiger partial charge in [-0.25, -0.2) is 12.8 Å². The maximum Gasteiger partial charge on any atom is 0.229 e. The van der Waals surface area contributed by atoms with Crippen molar-refractivity contribution in [1.82, 2.24) is 5.32 Å². The number of nitrogens with one attached hydrogen (secondary N) is 2. The van der Waals surface area contributed by atoms with Crippen molar-refractivity contribution in [2.75, 3.05) is 31.7 Å². The van der Waals surface area contributed by atoms with Gasteiger partial charge >= 0.3 is 0 Å². The third-order valence-electron chi connectivity index (χ3n) is 5.57. The molecule has 0 unspecified atom stereocenters. The minimum absolute atomic E-state index is 0.0458. The van der Waals surface area contributed by atoms with E-state index in [0.29, 0.717) is 23.5 Å². The number of phenols is 1. The Bertz CT molecular complexity index is 1290. The lowest BCUT2D eigenvalue weighted by molar-refractivity contribution is 0.167. The number of hydrogen-bond acceptors (Lipinski definition) is 7. The van der Waals surface area contributed by atoms with Crippen LogP contribution < -0.4 is 19.5 Å². The number of ether oxygens (including phenoxy) is 2. The van der Waals surface area contributed by atoms with Crippen molar-refractivity contribution < 1.29 is 32.5 Å². The molecular weight excluding hydrogens is 487 g/mol. The van der Waals surface area contributed by atoms with E-state index in [4.69, 9.17) is 9.47 Å². The molecule has 0 aliphatic heterocycles. The van der Waals surface area contributed by atoms with Crippen molar-refractivity contribution in [2.45, 2.75) is 25.0 Å². The number of benzene rings is 3. The van der Waals surface area contributed by atoms with E-state index >= 15 is 0 Å². The normalized spacial score (nSPS) is 13.1. The van der Waals surface area contributed by atoms with Gasteiger partial charge in [-0.1, -0.05) is 24.3 Å². The third kappa shape index (κ3) is 7.84. The zero-order valence-electron chi connectivity index (χ0n) is 20.4. The molecule has 10 heteroatoms. The van der Waals surface area contributed by atoms with Crippen LogP contribution in [0.5, 0.6) is 17.2 Å². The van der Waals surface area contributed by atoms with Gasteiger partial charge in [0.25, 0.3) is 0 Å². The SMILES string of the molecule is COc1ccc([C@@H](Cc2cccc(F)c2)NC[C@@H](O)Cc2ccc(O)c(NS(C)(=O)=O)c2)cc1OC. The van der Waals surface area contributed by atoms with Gasteiger partial charge in [-0.15, -0.1) is 0 Å². The number of phenolic OH excluding ortho intramolecular Hbond substituents is 1. The molecule has 0 spiro atoms. The fourth-order valence-electron chi connectivity index (χ4n) is 3.89. The van der Waals surface area contributed by atoms with E-state index in [2.05, 4.69) is 10.0 Å². The molecule has 0 heterocycles. The summed E-state index contributed by atoms with van der Waals surface area (Å²) in [4.78, 5) is 0. The van der Waals surface area contributed by atoms with Gasteiger partial charge in [-0.05, 0) is 65.9 Å². The number of hydrogen-bond donors (Lipinski definition) is 4. The smallest absolute Gasteiger partial charge is 0.229 e. The summed E-state index contributed by atoms with van der Waals surface area (Å²) in [6, 6.07) is 16.1. The summed E-state index contributed by atoms with van der Waals surface area (Å²) in [5.41, 5.74) is 2.34. The van der Waals surface area contributed by atoms with E-state index in [1.54, 1.807) is 32.4 Å². The highest BCUT2D eigenvalue weighted by Gasteiger charge is 2.18. The summed E-state index contributed by atoms with van der Waals surface area (Å²) in [6.45, 7) is 0.198. The van der Waals surface area contributed by atoms with Crippen molar-refractivity contribution in [1.29, 1.82) is 0 Å². The van der Waals surface area contributed by atoms with E-state index in [1.807, 2.05) is 18.2 Å². The quantitative estimate of drug-likeness (QED) is 0.272. The van der Waals surface area contributed by atoms with Crippen molar-refractivity contribution in [3.05, 3.63) is 83.2 Å². The lowest BCUT2D eigenvalue weighted by atomic mass is 9.97. The summed E-state index contributed by atoms with van der Waals surface area (Å²) in [6.07, 6.45) is 0.840. The van der Waals surface area contributed by atoms with Crippen molar-refractivity contribution >= 4 is 15.7 Å². The van der Waals surface area contributed by atoms with Gasteiger partial charge in [0.05, 0.1) is 32.3 Å². The molecule has 0 aliphatic rings. The maximum absolute atomic E-state index is 13.8. The van der Waals surface area contributed by atoms with Gasteiger partial charge in [0.15, 0.2) is 11.5 Å². The molecule has 2 atom stereocenters. The van der Waals surface area contributed by atoms with E-state index in [9.17, 15) is 23.0 Å². The molecule has 0 saturated heterocycles. The fourth-order valence-corrected chi connectivity index (χ4v) is 4.45. The van der Waals surface area contributed by atoms with Crippen molar-refractivity contribution in [3.8, 4) is 17.2 Å². The Kier molecular flexibility index (Phi) is 9.14. The number of aliphatic hydroxyl groups is 1. The molecule has 0 fully saturated rings. The molecule has 0 aliphatic carbocycles. The van der Waals surface area contributed by atoms with Crippen LogP contribution in [0.2, 0.25) is 0 Å². The molecule has 194 valence electrons. The Hall–Kier alpha value is -3.34. The number of aromatic hydroxyl groups is 1. The highest BCUT2D eigenvalue weighted by Crippen LogP contribution is 2.31. The number of anilines is 1. The second-order valence-electron chi connectivity index (χ2n) is 8.49. The summed E-state index contributed by atoms with van der Waals surface area (Å²) in [7, 11) is -0.473. The van der Waals surface area contributed by atoms with Crippen LogP contribution in [0.15, 0.2) is 60.7 Å². The van der Waals surface area contributed by atoms with Gasteiger partial charge in [0.2, 0.25) is 10.0 Å². The largest absolute Gasteiger partial charge is 0.506 e. The molecular formula is C26H31FN2O6S. The first-order valence-electron chi connectivity index (χ1n) is 11.3. The second-order valence-corrected chi connectivity index (χ2v) is 10.2. The van der Waals surface area contributed by atoms with Gasteiger partial charge in [0.1, 0.15) is 11.6 Å². The predicted molar refractivity (Wildman–Crippen MR) is 137 cm³/mol. The Balaban J connectivity index is 1.76. The predicted octanol–water partition coefficient (Wildman–Crippen LogP) is 3.40. The minimum Gasteiger partial charge on any atom is -0.506 e. The summed E-state index contributed by atoms with van der Waals surface area (Å²) in [5, 5.41) is 24.0. The monoisotopic (exact) mass is 518 g/mol. The van der Waals surface area contributed by atoms with Crippen LogP contribution in [0.4, 0.5) is 10.1 Å². The van der Waals surface area contributed by atoms with Crippen LogP contribution in [-0.4, -0.2) is 51.8 Å². The fraction of sp³-hybridized carbons (Fsp3) is 0.308. The van der Waals surface area contributed by atoms with Gasteiger partial charge in [0, 0.05) is 12.6 Å². The number of halogens is 1. The van der Waals surface area contributed by atoms with Gasteiger partial charge < -0.3 is 25.0 Å². The van der Waals surface area contributed by atoms with Gasteiger partial charge in [-0.2, -0.15) is 0 Å². The first kappa shape index (κ1) is 27.3. The third-order valence-corrected chi connectivity index (χ3v) is 6.16. The average molecular weight is 519 g/mol. The number of rotatable bonds is 12. The molecule has 0 amide bonds. The molecule has 3 aromatic carbocycles. The van der Waals surface area contributed by atoms with E-state index in [-0.39, 0.29) is 36.3 Å². The van der Waals surface area contributed by atoms with Crippen LogP contribution in [-0.2, 0) is 22.9 Å². The molecule has 0 saturated carbocycles. The molecule has 3 aromatic rings. The summed E-state index contributed by atoms with van der Waals surface area (Å²) >= 11 is 0. The van der Waals surface area contributed by atoms with Crippen LogP contribution in [0.3, 0.4) is 0 Å². The Morgan fingerprint density at radius 2 is 1.67 bits per heavy atom. The molecule has 0 aromatic heterocycles. The average Bonchev–Trinajstić information content (AvgIpc) is 2.82. The first-order chi connectivity index (χ1) is 17.1. The van der Waals surface area contributed by atoms with Crippen LogP contribution in [0.25, 0.3) is 0 Å². The standard InChI is InChI=1S/C26H31FN2O6S/c1-34-25-10-8-19(15-26(25)35-2)22(13-17-5-4-6-20(27)11-17)28-16-21(30)12-18-7-9-24(31)23(14-18)29-36(3,32)33/h4-11,14-15,21-22,28-31H,12-13,16H2,1-3H3/t21-,22+/m0/s1. The Labute approximate surface area is 210 Å². The number of sulfonamides is 1. The lowest BCUT2D eigenvalue weighted by Crippen LogP contribution is -2.32. The van der Waals surface area contributed by atoms with Gasteiger partial charge in [-0.3, -0.25) is 4.72 Å². The maximum atomic E-state index is 13.8. The van der Waals surface area contributed by atoms with Crippen LogP contribution >= 0.6 is 0 Å². The molecule has 4 N–H and O–H groups in total. The zero-order chi connectivity index (χ0) is 26.3. The van der Waals surface area contributed by atoms with Crippen LogP contribution in [0, 0.1) is 5.82 Å². The van der Waals surface area contributed by atoms with Crippen LogP contribution in [0.1, 0.15) is 22.7 Å². The van der Waals surface area contributed by atoms with Crippen molar-refractivity contribution in [2.24, 2.45) is 0 Å². The Morgan fingerprint density at radius 3 is 2.33 bits per heavy atom. The molecule has 0 bridgehead atoms. The van der Waals surface area contributed by atoms with E-state index < -0.39 is 16.1 Å². The van der Waals surface area contributed by atoms with E-state index in [0.717, 1.165) is 17.4 Å². The number of aliphatic hydroxyl groups excluding tert-OH is 1. The van der Waals surface area contributed by atoms with Crippen molar-refractivity contribution in [3.63, 3.8) is 0 Å². The summed E-state index contributed by atoms with van der Waals surface area (Å²) in [5.74, 6) is 0.595. The first-order valence-corrected chi connectivity index (χ1v) is 13.1.